The van der Waals surface area contributed by atoms with Crippen LogP contribution in [0, 0.1) is 0 Å². The average molecular weight is 280 g/mol. The Balaban J connectivity index is 2.69. The third-order valence-corrected chi connectivity index (χ3v) is 5.58. The Kier molecular flexibility index (Phi) is 6.24. The predicted molar refractivity (Wildman–Crippen MR) is 86.8 cm³/mol. The molecule has 0 radical (unpaired) electrons. The molecule has 1 aromatic rings. The van der Waals surface area contributed by atoms with E-state index >= 15 is 0 Å². The minimum Gasteiger partial charge on any atom is -0.383 e. The zero-order valence-electron chi connectivity index (χ0n) is 13.4. The first-order valence-corrected chi connectivity index (χ1v) is 10.7. The molecule has 0 aromatic heterocycles. The van der Waals surface area contributed by atoms with Gasteiger partial charge in [-0.1, -0.05) is 49.1 Å². The van der Waals surface area contributed by atoms with Crippen LogP contribution in [0.25, 0.3) is 0 Å². The molecule has 0 saturated heterocycles. The van der Waals surface area contributed by atoms with E-state index in [2.05, 4.69) is 62.7 Å². The summed E-state index contributed by atoms with van der Waals surface area (Å²) in [6, 6.07) is 9.75. The van der Waals surface area contributed by atoms with E-state index in [1.807, 2.05) is 0 Å². The predicted octanol–water partition coefficient (Wildman–Crippen LogP) is 3.09. The zero-order chi connectivity index (χ0) is 14.5. The van der Waals surface area contributed by atoms with Gasteiger partial charge in [-0.15, -0.1) is 0 Å². The highest BCUT2D eigenvalue weighted by Gasteiger charge is 2.16. The van der Waals surface area contributed by atoms with Gasteiger partial charge in [-0.3, -0.25) is 4.90 Å². The molecule has 0 spiro atoms. The summed E-state index contributed by atoms with van der Waals surface area (Å²) in [6.45, 7) is 14.4. The lowest BCUT2D eigenvalue weighted by atomic mass is 10.2. The monoisotopic (exact) mass is 279 g/mol. The fourth-order valence-corrected chi connectivity index (χ4v) is 3.24. The highest BCUT2D eigenvalue weighted by atomic mass is 28.3. The van der Waals surface area contributed by atoms with Crippen LogP contribution in [0.2, 0.25) is 19.6 Å². The number of hydrogen-bond acceptors (Lipinski definition) is 2. The van der Waals surface area contributed by atoms with Crippen LogP contribution >= 0.6 is 0 Å². The van der Waals surface area contributed by atoms with Gasteiger partial charge in [0.05, 0.1) is 14.7 Å². The van der Waals surface area contributed by atoms with E-state index in [9.17, 15) is 0 Å². The van der Waals surface area contributed by atoms with Crippen molar-refractivity contribution in [2.24, 2.45) is 0 Å². The number of nitrogens with zero attached hydrogens (tertiary/aromatic N) is 1. The Morgan fingerprint density at radius 2 is 1.68 bits per heavy atom. The van der Waals surface area contributed by atoms with Crippen LogP contribution in [0.4, 0.5) is 0 Å². The summed E-state index contributed by atoms with van der Waals surface area (Å²) in [5.41, 5.74) is 1.40. The van der Waals surface area contributed by atoms with Crippen LogP contribution in [0.1, 0.15) is 19.4 Å². The summed E-state index contributed by atoms with van der Waals surface area (Å²) < 4.78 is 5.19. The van der Waals surface area contributed by atoms with Gasteiger partial charge >= 0.3 is 0 Å². The van der Waals surface area contributed by atoms with Crippen molar-refractivity contribution in [2.75, 3.05) is 20.3 Å². The third kappa shape index (κ3) is 5.47. The van der Waals surface area contributed by atoms with Gasteiger partial charge in [-0.2, -0.15) is 0 Å². The van der Waals surface area contributed by atoms with Crippen molar-refractivity contribution in [3.8, 4) is 0 Å². The van der Waals surface area contributed by atoms with Crippen LogP contribution in [0.3, 0.4) is 0 Å². The van der Waals surface area contributed by atoms with Crippen LogP contribution < -0.4 is 5.19 Å². The zero-order valence-corrected chi connectivity index (χ0v) is 14.4. The first-order chi connectivity index (χ1) is 8.84. The number of methoxy groups -OCH3 is 1. The third-order valence-electron chi connectivity index (χ3n) is 3.52. The molecule has 0 bridgehead atoms. The maximum absolute atomic E-state index is 5.19. The number of rotatable bonds is 7. The summed E-state index contributed by atoms with van der Waals surface area (Å²) in [7, 11) is 0.593. The maximum atomic E-state index is 5.19. The lowest BCUT2D eigenvalue weighted by Crippen LogP contribution is -2.37. The molecule has 3 heteroatoms. The first kappa shape index (κ1) is 16.4. The number of hydrogen-bond donors (Lipinski definition) is 0. The molecule has 0 N–H and O–H groups in total. The van der Waals surface area contributed by atoms with E-state index in [0.29, 0.717) is 6.04 Å². The molecule has 0 aliphatic carbocycles. The molecule has 1 aromatic carbocycles. The van der Waals surface area contributed by atoms with E-state index in [1.54, 1.807) is 7.11 Å². The SMILES string of the molecule is COCCN(Cc1ccc([Si](C)(C)C)cc1)C(C)C. The van der Waals surface area contributed by atoms with Gasteiger partial charge in [0, 0.05) is 26.2 Å². The molecule has 2 nitrogen and oxygen atoms in total. The lowest BCUT2D eigenvalue weighted by molar-refractivity contribution is 0.125. The van der Waals surface area contributed by atoms with Gasteiger partial charge in [-0.25, -0.2) is 0 Å². The number of ether oxygens (including phenoxy) is 1. The second-order valence-electron chi connectivity index (χ2n) is 6.50. The van der Waals surface area contributed by atoms with Crippen molar-refractivity contribution in [2.45, 2.75) is 46.1 Å². The van der Waals surface area contributed by atoms with Gasteiger partial charge in [-0.05, 0) is 19.4 Å². The van der Waals surface area contributed by atoms with Gasteiger partial charge in [0.1, 0.15) is 0 Å². The summed E-state index contributed by atoms with van der Waals surface area (Å²) >= 11 is 0. The Morgan fingerprint density at radius 1 is 1.11 bits per heavy atom. The Hall–Kier alpha value is -0.643. The minimum absolute atomic E-state index is 0.548. The Bertz CT molecular complexity index is 367. The van der Waals surface area contributed by atoms with Gasteiger partial charge in [0.25, 0.3) is 0 Å². The summed E-state index contributed by atoms with van der Waals surface area (Å²) in [4.78, 5) is 2.45. The maximum Gasteiger partial charge on any atom is 0.0775 e. The fraction of sp³-hybridized carbons (Fsp3) is 0.625. The van der Waals surface area contributed by atoms with Crippen molar-refractivity contribution >= 4 is 13.3 Å². The van der Waals surface area contributed by atoms with Crippen LogP contribution in [-0.4, -0.2) is 39.3 Å². The van der Waals surface area contributed by atoms with E-state index in [4.69, 9.17) is 4.74 Å². The summed E-state index contributed by atoms with van der Waals surface area (Å²) in [5, 5.41) is 1.53. The van der Waals surface area contributed by atoms with Crippen molar-refractivity contribution in [3.63, 3.8) is 0 Å². The van der Waals surface area contributed by atoms with E-state index in [-0.39, 0.29) is 0 Å². The molecular weight excluding hydrogens is 250 g/mol. The van der Waals surface area contributed by atoms with Gasteiger partial charge < -0.3 is 4.74 Å². The molecule has 0 amide bonds. The standard InChI is InChI=1S/C16H29NOSi/c1-14(2)17(11-12-18-3)13-15-7-9-16(10-8-15)19(4,5)6/h7-10,14H,11-13H2,1-6H3. The Morgan fingerprint density at radius 3 is 2.11 bits per heavy atom. The molecule has 108 valence electrons. The molecule has 0 heterocycles. The van der Waals surface area contributed by atoms with Gasteiger partial charge in [0.15, 0.2) is 0 Å². The first-order valence-electron chi connectivity index (χ1n) is 7.17. The largest absolute Gasteiger partial charge is 0.383 e. The Labute approximate surface area is 119 Å². The minimum atomic E-state index is -1.17. The highest BCUT2D eigenvalue weighted by molar-refractivity contribution is 6.88. The van der Waals surface area contributed by atoms with Crippen LogP contribution in [0.15, 0.2) is 24.3 Å². The van der Waals surface area contributed by atoms with E-state index in [1.165, 1.54) is 10.8 Å². The molecule has 0 aliphatic rings. The van der Waals surface area contributed by atoms with E-state index < -0.39 is 8.07 Å². The number of benzene rings is 1. The average Bonchev–Trinajstić information content (AvgIpc) is 2.33. The molecule has 0 unspecified atom stereocenters. The molecule has 1 rings (SSSR count). The van der Waals surface area contributed by atoms with Crippen LogP contribution in [0.5, 0.6) is 0 Å². The van der Waals surface area contributed by atoms with Crippen LogP contribution in [-0.2, 0) is 11.3 Å². The normalized spacial score (nSPS) is 12.4. The quantitative estimate of drug-likeness (QED) is 0.711. The van der Waals surface area contributed by atoms with E-state index in [0.717, 1.165) is 19.7 Å². The lowest BCUT2D eigenvalue weighted by Gasteiger charge is -2.26. The molecule has 0 atom stereocenters. The summed E-state index contributed by atoms with van der Waals surface area (Å²) in [5.74, 6) is 0. The second-order valence-corrected chi connectivity index (χ2v) is 11.6. The summed E-state index contributed by atoms with van der Waals surface area (Å²) in [6.07, 6.45) is 0. The van der Waals surface area contributed by atoms with Crippen molar-refractivity contribution in [1.29, 1.82) is 0 Å². The second kappa shape index (κ2) is 7.22. The van der Waals surface area contributed by atoms with Crippen molar-refractivity contribution in [1.82, 2.24) is 4.90 Å². The van der Waals surface area contributed by atoms with Crippen molar-refractivity contribution < 1.29 is 4.74 Å². The molecule has 0 saturated carbocycles. The highest BCUT2D eigenvalue weighted by Crippen LogP contribution is 2.09. The topological polar surface area (TPSA) is 12.5 Å². The molecular formula is C16H29NOSi. The fourth-order valence-electron chi connectivity index (χ4n) is 2.07. The van der Waals surface area contributed by atoms with Crippen molar-refractivity contribution in [3.05, 3.63) is 29.8 Å². The molecule has 19 heavy (non-hydrogen) atoms. The molecule has 0 aliphatic heterocycles. The smallest absolute Gasteiger partial charge is 0.0775 e. The van der Waals surface area contributed by atoms with Gasteiger partial charge in [0.2, 0.25) is 0 Å². The molecule has 0 fully saturated rings.